The van der Waals surface area contributed by atoms with E-state index in [4.69, 9.17) is 4.74 Å². The molecule has 0 atom stereocenters. The molecule has 2 heteroatoms. The first kappa shape index (κ1) is 17.8. The molecule has 1 aromatic rings. The van der Waals surface area contributed by atoms with Gasteiger partial charge in [-0.3, -0.25) is 0 Å². The van der Waals surface area contributed by atoms with E-state index in [0.717, 1.165) is 36.4 Å². The molecule has 1 rings (SSSR count). The Kier molecular flexibility index (Phi) is 6.47. The van der Waals surface area contributed by atoms with Crippen molar-refractivity contribution in [1.29, 1.82) is 0 Å². The van der Waals surface area contributed by atoms with E-state index >= 15 is 0 Å². The third kappa shape index (κ3) is 3.49. The van der Waals surface area contributed by atoms with Gasteiger partial charge in [-0.25, -0.2) is 0 Å². The van der Waals surface area contributed by atoms with E-state index in [2.05, 4.69) is 65.3 Å². The fourth-order valence-corrected chi connectivity index (χ4v) is 2.97. The number of aromatic amines is 1. The molecule has 0 aliphatic heterocycles. The Morgan fingerprint density at radius 3 is 2.29 bits per heavy atom. The van der Waals surface area contributed by atoms with Gasteiger partial charge in [0.05, 0.1) is 5.69 Å². The first-order valence-electron chi connectivity index (χ1n) is 8.18. The molecule has 0 aliphatic rings. The lowest BCUT2D eigenvalue weighted by Gasteiger charge is -2.31. The molecule has 0 aliphatic carbocycles. The summed E-state index contributed by atoms with van der Waals surface area (Å²) >= 11 is 0. The van der Waals surface area contributed by atoms with Gasteiger partial charge in [-0.15, -0.1) is 0 Å². The first-order valence-corrected chi connectivity index (χ1v) is 8.18. The van der Waals surface area contributed by atoms with Crippen LogP contribution in [-0.4, -0.2) is 11.6 Å². The summed E-state index contributed by atoms with van der Waals surface area (Å²) in [5, 5.41) is 2.20. The van der Waals surface area contributed by atoms with Crippen molar-refractivity contribution < 1.29 is 4.74 Å². The third-order valence-electron chi connectivity index (χ3n) is 4.54. The smallest absolute Gasteiger partial charge is 0.107 e. The number of ether oxygens (including phenoxy) is 1. The Labute approximate surface area is 129 Å². The number of aromatic nitrogens is 1. The predicted molar refractivity (Wildman–Crippen MR) is 92.7 cm³/mol. The van der Waals surface area contributed by atoms with Gasteiger partial charge in [-0.05, 0) is 56.9 Å². The Balaban J connectivity index is 3.51. The fraction of sp³-hybridized carbons (Fsp3) is 0.579. The zero-order valence-corrected chi connectivity index (χ0v) is 14.6. The average molecular weight is 289 g/mol. The van der Waals surface area contributed by atoms with Crippen molar-refractivity contribution >= 4 is 12.7 Å². The minimum absolute atomic E-state index is 0.223. The Morgan fingerprint density at radius 2 is 1.86 bits per heavy atom. The second-order valence-corrected chi connectivity index (χ2v) is 5.51. The van der Waals surface area contributed by atoms with E-state index in [1.165, 1.54) is 16.8 Å². The van der Waals surface area contributed by atoms with Crippen LogP contribution in [0.15, 0.2) is 11.6 Å². The van der Waals surface area contributed by atoms with Crippen molar-refractivity contribution in [3.05, 3.63) is 33.5 Å². The van der Waals surface area contributed by atoms with Gasteiger partial charge in [0.1, 0.15) is 5.60 Å². The largest absolute Gasteiger partial charge is 0.369 e. The van der Waals surface area contributed by atoms with Crippen LogP contribution in [0, 0.1) is 6.92 Å². The summed E-state index contributed by atoms with van der Waals surface area (Å²) in [7, 11) is 0. The summed E-state index contributed by atoms with van der Waals surface area (Å²) in [6, 6.07) is 0. The Morgan fingerprint density at radius 1 is 1.24 bits per heavy atom. The van der Waals surface area contributed by atoms with Gasteiger partial charge in [0.25, 0.3) is 0 Å². The Hall–Kier alpha value is -1.28. The van der Waals surface area contributed by atoms with Crippen molar-refractivity contribution in [3.63, 3.8) is 0 Å². The van der Waals surface area contributed by atoms with Gasteiger partial charge in [0, 0.05) is 12.0 Å². The molecule has 1 N–H and O–H groups in total. The van der Waals surface area contributed by atoms with E-state index in [1.54, 1.807) is 0 Å². The van der Waals surface area contributed by atoms with Gasteiger partial charge in [-0.1, -0.05) is 39.0 Å². The quantitative estimate of drug-likeness (QED) is 0.808. The molecule has 118 valence electrons. The topological polar surface area (TPSA) is 25.0 Å². The predicted octanol–water partition coefficient (Wildman–Crippen LogP) is 3.92. The molecule has 0 radical (unpaired) electrons. The molecule has 0 unspecified atom stereocenters. The van der Waals surface area contributed by atoms with Gasteiger partial charge in [0.2, 0.25) is 0 Å². The minimum Gasteiger partial charge on any atom is -0.369 e. The highest BCUT2D eigenvalue weighted by atomic mass is 16.5. The number of nitrogens with one attached hydrogen (secondary N) is 1. The summed E-state index contributed by atoms with van der Waals surface area (Å²) in [6.07, 6.45) is 7.32. The lowest BCUT2D eigenvalue weighted by atomic mass is 9.90. The van der Waals surface area contributed by atoms with Gasteiger partial charge >= 0.3 is 0 Å². The number of hydrogen-bond donors (Lipinski definition) is 1. The molecule has 21 heavy (non-hydrogen) atoms. The lowest BCUT2D eigenvalue weighted by molar-refractivity contribution is -0.0539. The van der Waals surface area contributed by atoms with E-state index in [0.29, 0.717) is 0 Å². The highest BCUT2D eigenvalue weighted by molar-refractivity contribution is 5.47. The molecular weight excluding hydrogens is 258 g/mol. The van der Waals surface area contributed by atoms with Crippen LogP contribution < -0.4 is 10.6 Å². The van der Waals surface area contributed by atoms with Crippen molar-refractivity contribution in [1.82, 2.24) is 4.98 Å². The summed E-state index contributed by atoms with van der Waals surface area (Å²) in [4.78, 5) is 3.59. The average Bonchev–Trinajstić information content (AvgIpc) is 2.79. The molecule has 0 saturated heterocycles. The molecule has 1 aromatic heterocycles. The summed E-state index contributed by atoms with van der Waals surface area (Å²) in [6.45, 7) is 17.8. The first-order chi connectivity index (χ1) is 9.99. The molecule has 0 aromatic carbocycles. The van der Waals surface area contributed by atoms with Gasteiger partial charge < -0.3 is 9.72 Å². The molecule has 0 saturated carbocycles. The maximum absolute atomic E-state index is 6.13. The maximum atomic E-state index is 6.13. The fourth-order valence-electron chi connectivity index (χ4n) is 2.97. The number of H-pyrrole nitrogens is 1. The zero-order valence-electron chi connectivity index (χ0n) is 14.6. The van der Waals surface area contributed by atoms with Crippen LogP contribution >= 0.6 is 0 Å². The zero-order chi connectivity index (χ0) is 16.0. The molecule has 1 heterocycles. The summed E-state index contributed by atoms with van der Waals surface area (Å²) in [5.41, 5.74) is 3.52. The van der Waals surface area contributed by atoms with E-state index < -0.39 is 0 Å². The molecule has 0 fully saturated rings. The lowest BCUT2D eigenvalue weighted by Crippen LogP contribution is -2.30. The van der Waals surface area contributed by atoms with Crippen molar-refractivity contribution in [3.8, 4) is 0 Å². The van der Waals surface area contributed by atoms with Crippen molar-refractivity contribution in [2.75, 3.05) is 6.61 Å². The summed E-state index contributed by atoms with van der Waals surface area (Å²) in [5.74, 6) is 0. The van der Waals surface area contributed by atoms with E-state index in [1.807, 2.05) is 0 Å². The monoisotopic (exact) mass is 289 g/mol. The number of rotatable bonds is 7. The highest BCUT2D eigenvalue weighted by Gasteiger charge is 2.32. The van der Waals surface area contributed by atoms with Gasteiger partial charge in [0.15, 0.2) is 0 Å². The normalized spacial score (nSPS) is 14.0. The maximum Gasteiger partial charge on any atom is 0.107 e. The van der Waals surface area contributed by atoms with E-state index in [-0.39, 0.29) is 5.60 Å². The van der Waals surface area contributed by atoms with Crippen LogP contribution in [0.2, 0.25) is 0 Å². The highest BCUT2D eigenvalue weighted by Crippen LogP contribution is 2.32. The van der Waals surface area contributed by atoms with Crippen LogP contribution in [-0.2, 0) is 10.3 Å². The SMILES string of the molecule is C=c1c(C)c(C(CC)(CC)OCC)[nH]/c1=C/C(=C\C)CC. The van der Waals surface area contributed by atoms with Crippen LogP contribution in [0.4, 0.5) is 0 Å². The van der Waals surface area contributed by atoms with Crippen molar-refractivity contribution in [2.45, 2.75) is 66.4 Å². The second kappa shape index (κ2) is 7.65. The molecule has 0 bridgehead atoms. The molecular formula is C19H31NO. The number of allylic oxidation sites excluding steroid dienone is 2. The second-order valence-electron chi connectivity index (χ2n) is 5.51. The Bertz CT molecular complexity index is 588. The third-order valence-corrected chi connectivity index (χ3v) is 4.54. The molecule has 0 amide bonds. The van der Waals surface area contributed by atoms with Crippen LogP contribution in [0.1, 0.15) is 65.1 Å². The van der Waals surface area contributed by atoms with Crippen LogP contribution in [0.5, 0.6) is 0 Å². The van der Waals surface area contributed by atoms with Gasteiger partial charge in [-0.2, -0.15) is 0 Å². The van der Waals surface area contributed by atoms with E-state index in [9.17, 15) is 0 Å². The summed E-state index contributed by atoms with van der Waals surface area (Å²) < 4.78 is 6.13. The minimum atomic E-state index is -0.223. The van der Waals surface area contributed by atoms with Crippen LogP contribution in [0.3, 0.4) is 0 Å². The van der Waals surface area contributed by atoms with Crippen LogP contribution in [0.25, 0.3) is 12.7 Å². The molecule has 2 nitrogen and oxygen atoms in total. The number of hydrogen-bond acceptors (Lipinski definition) is 1. The standard InChI is InChI=1S/C19H31NO/c1-8-16(9-2)13-17-14(6)15(7)18(20-17)19(10-3,11-4)21-12-5/h8,13,20H,6,9-12H2,1-5,7H3/b16-8-,17-13+. The molecule has 0 spiro atoms. The van der Waals surface area contributed by atoms with Crippen molar-refractivity contribution in [2.24, 2.45) is 0 Å².